The number of nitrogens with zero attached hydrogens (tertiary/aromatic N) is 1. The average Bonchev–Trinajstić information content (AvgIpc) is 2.74. The van der Waals surface area contributed by atoms with Crippen LogP contribution in [0, 0.1) is 24.6 Å². The van der Waals surface area contributed by atoms with Crippen molar-refractivity contribution in [2.45, 2.75) is 6.92 Å². The zero-order chi connectivity index (χ0) is 12.3. The van der Waals surface area contributed by atoms with Crippen LogP contribution in [-0.4, -0.2) is 11.3 Å². The molecule has 0 aliphatic heterocycles. The van der Waals surface area contributed by atoms with Crippen LogP contribution in [0.15, 0.2) is 23.6 Å². The summed E-state index contributed by atoms with van der Waals surface area (Å²) in [5.74, 6) is 5.18. The van der Waals surface area contributed by atoms with E-state index in [1.54, 1.807) is 0 Å². The van der Waals surface area contributed by atoms with Gasteiger partial charge in [-0.1, -0.05) is 5.92 Å². The van der Waals surface area contributed by atoms with Crippen molar-refractivity contribution in [1.82, 2.24) is 4.98 Å². The van der Waals surface area contributed by atoms with E-state index >= 15 is 0 Å². The Morgan fingerprint density at radius 1 is 1.41 bits per heavy atom. The number of carbonyl (C=O) groups excluding carboxylic acids is 1. The van der Waals surface area contributed by atoms with Crippen LogP contribution in [-0.2, 0) is 0 Å². The maximum atomic E-state index is 13.0. The molecule has 0 unspecified atom stereocenters. The predicted molar refractivity (Wildman–Crippen MR) is 64.6 cm³/mol. The second-order valence-corrected chi connectivity index (χ2v) is 4.42. The molecule has 0 radical (unpaired) electrons. The van der Waals surface area contributed by atoms with E-state index in [0.29, 0.717) is 17.5 Å². The molecule has 1 aromatic heterocycles. The summed E-state index contributed by atoms with van der Waals surface area (Å²) < 4.78 is 13.0. The van der Waals surface area contributed by atoms with E-state index in [1.807, 2.05) is 12.3 Å². The molecule has 2 rings (SSSR count). The van der Waals surface area contributed by atoms with Gasteiger partial charge in [-0.25, -0.2) is 9.37 Å². The molecule has 0 aliphatic rings. The first kappa shape index (κ1) is 11.5. The molecule has 0 atom stereocenters. The third-order valence-corrected chi connectivity index (χ3v) is 2.85. The van der Waals surface area contributed by atoms with Gasteiger partial charge in [-0.3, -0.25) is 4.79 Å². The maximum Gasteiger partial charge on any atom is 0.153 e. The molecule has 0 saturated heterocycles. The minimum Gasteiger partial charge on any atom is -0.298 e. The van der Waals surface area contributed by atoms with Crippen LogP contribution < -0.4 is 0 Å². The van der Waals surface area contributed by atoms with Crippen molar-refractivity contribution in [2.24, 2.45) is 0 Å². The van der Waals surface area contributed by atoms with E-state index in [4.69, 9.17) is 0 Å². The summed E-state index contributed by atoms with van der Waals surface area (Å²) in [7, 11) is 0. The molecule has 0 saturated carbocycles. The van der Waals surface area contributed by atoms with Gasteiger partial charge in [0, 0.05) is 10.9 Å². The lowest BCUT2D eigenvalue weighted by Gasteiger charge is -1.94. The Hall–Kier alpha value is -1.99. The van der Waals surface area contributed by atoms with E-state index in [-0.39, 0.29) is 5.56 Å². The molecule has 0 aliphatic carbocycles. The summed E-state index contributed by atoms with van der Waals surface area (Å²) in [6.07, 6.45) is 0.480. The highest BCUT2D eigenvalue weighted by Crippen LogP contribution is 2.09. The Kier molecular flexibility index (Phi) is 3.31. The number of benzene rings is 1. The number of carbonyl (C=O) groups is 1. The SMILES string of the molecule is Cc1nc(C#Cc2ccc(F)c(C=O)c2)cs1. The zero-order valence-electron chi connectivity index (χ0n) is 9.03. The Morgan fingerprint density at radius 3 is 2.88 bits per heavy atom. The van der Waals surface area contributed by atoms with Crippen LogP contribution in [0.2, 0.25) is 0 Å². The fourth-order valence-electron chi connectivity index (χ4n) is 1.27. The van der Waals surface area contributed by atoms with E-state index in [2.05, 4.69) is 16.8 Å². The lowest BCUT2D eigenvalue weighted by Crippen LogP contribution is -1.88. The predicted octanol–water partition coefficient (Wildman–Crippen LogP) is 2.80. The van der Waals surface area contributed by atoms with Gasteiger partial charge in [-0.2, -0.15) is 0 Å². The van der Waals surface area contributed by atoms with Gasteiger partial charge < -0.3 is 0 Å². The van der Waals surface area contributed by atoms with Crippen molar-refractivity contribution < 1.29 is 9.18 Å². The molecular formula is C13H8FNOS. The second-order valence-electron chi connectivity index (χ2n) is 3.36. The monoisotopic (exact) mass is 245 g/mol. The minimum atomic E-state index is -0.532. The van der Waals surface area contributed by atoms with Crippen LogP contribution >= 0.6 is 11.3 Å². The minimum absolute atomic E-state index is 0.0197. The van der Waals surface area contributed by atoms with Gasteiger partial charge in [0.05, 0.1) is 10.6 Å². The molecule has 17 heavy (non-hydrogen) atoms. The van der Waals surface area contributed by atoms with E-state index < -0.39 is 5.82 Å². The van der Waals surface area contributed by atoms with Gasteiger partial charge in [0.1, 0.15) is 11.5 Å². The smallest absolute Gasteiger partial charge is 0.153 e. The summed E-state index contributed by atoms with van der Waals surface area (Å²) in [5, 5.41) is 2.80. The lowest BCUT2D eigenvalue weighted by molar-refractivity contribution is 0.112. The van der Waals surface area contributed by atoms with Gasteiger partial charge in [0.25, 0.3) is 0 Å². The van der Waals surface area contributed by atoms with Crippen LogP contribution in [0.4, 0.5) is 4.39 Å². The maximum absolute atomic E-state index is 13.0. The first-order valence-electron chi connectivity index (χ1n) is 4.88. The highest BCUT2D eigenvalue weighted by Gasteiger charge is 2.00. The molecule has 1 aromatic carbocycles. The summed E-state index contributed by atoms with van der Waals surface area (Å²) in [4.78, 5) is 14.7. The van der Waals surface area contributed by atoms with Crippen LogP contribution in [0.25, 0.3) is 0 Å². The fourth-order valence-corrected chi connectivity index (χ4v) is 1.81. The molecular weight excluding hydrogens is 237 g/mol. The molecule has 0 N–H and O–H groups in total. The van der Waals surface area contributed by atoms with Crippen LogP contribution in [0.5, 0.6) is 0 Å². The number of hydrogen-bond acceptors (Lipinski definition) is 3. The average molecular weight is 245 g/mol. The number of aldehydes is 1. The van der Waals surface area contributed by atoms with Crippen molar-refractivity contribution in [3.05, 3.63) is 51.2 Å². The molecule has 0 amide bonds. The molecule has 2 nitrogen and oxygen atoms in total. The van der Waals surface area contributed by atoms with Gasteiger partial charge in [0.15, 0.2) is 6.29 Å². The molecule has 2 aromatic rings. The first-order valence-corrected chi connectivity index (χ1v) is 5.76. The zero-order valence-corrected chi connectivity index (χ0v) is 9.84. The second kappa shape index (κ2) is 4.89. The van der Waals surface area contributed by atoms with E-state index in [0.717, 1.165) is 5.01 Å². The molecule has 84 valence electrons. The largest absolute Gasteiger partial charge is 0.298 e. The first-order chi connectivity index (χ1) is 8.19. The van der Waals surface area contributed by atoms with Crippen molar-refractivity contribution in [1.29, 1.82) is 0 Å². The fraction of sp³-hybridized carbons (Fsp3) is 0.0769. The molecule has 0 fully saturated rings. The molecule has 0 bridgehead atoms. The highest BCUT2D eigenvalue weighted by atomic mass is 32.1. The third kappa shape index (κ3) is 2.77. The molecule has 4 heteroatoms. The number of rotatable bonds is 1. The summed E-state index contributed by atoms with van der Waals surface area (Å²) in [6, 6.07) is 4.20. The summed E-state index contributed by atoms with van der Waals surface area (Å²) >= 11 is 1.52. The molecule has 0 spiro atoms. The van der Waals surface area contributed by atoms with Gasteiger partial charge in [-0.05, 0) is 31.0 Å². The van der Waals surface area contributed by atoms with Crippen LogP contribution in [0.1, 0.15) is 26.6 Å². The van der Waals surface area contributed by atoms with Gasteiger partial charge in [0.2, 0.25) is 0 Å². The highest BCUT2D eigenvalue weighted by molar-refractivity contribution is 7.09. The van der Waals surface area contributed by atoms with Crippen molar-refractivity contribution in [2.75, 3.05) is 0 Å². The van der Waals surface area contributed by atoms with Crippen molar-refractivity contribution >= 4 is 17.6 Å². The Balaban J connectivity index is 2.30. The normalized spacial score (nSPS) is 9.53. The quantitative estimate of drug-likeness (QED) is 0.571. The van der Waals surface area contributed by atoms with E-state index in [9.17, 15) is 9.18 Å². The standard InChI is InChI=1S/C13H8FNOS/c1-9-15-12(8-17-9)4-2-10-3-5-13(14)11(6-10)7-16/h3,5-8H,1H3. The lowest BCUT2D eigenvalue weighted by atomic mass is 10.1. The summed E-state index contributed by atoms with van der Waals surface area (Å²) in [5.41, 5.74) is 1.30. The number of halogens is 1. The van der Waals surface area contributed by atoms with Gasteiger partial charge in [-0.15, -0.1) is 11.3 Å². The number of thiazole rings is 1. The van der Waals surface area contributed by atoms with E-state index in [1.165, 1.54) is 29.5 Å². The van der Waals surface area contributed by atoms with Crippen molar-refractivity contribution in [3.8, 4) is 11.8 Å². The molecule has 1 heterocycles. The third-order valence-electron chi connectivity index (χ3n) is 2.08. The topological polar surface area (TPSA) is 30.0 Å². The number of aromatic nitrogens is 1. The Morgan fingerprint density at radius 2 is 2.24 bits per heavy atom. The van der Waals surface area contributed by atoms with Gasteiger partial charge >= 0.3 is 0 Å². The Labute approximate surface area is 102 Å². The van der Waals surface area contributed by atoms with Crippen LogP contribution in [0.3, 0.4) is 0 Å². The Bertz CT molecular complexity index is 622. The number of aryl methyl sites for hydroxylation is 1. The van der Waals surface area contributed by atoms with Crippen molar-refractivity contribution in [3.63, 3.8) is 0 Å². The number of hydrogen-bond donors (Lipinski definition) is 0. The summed E-state index contributed by atoms with van der Waals surface area (Å²) in [6.45, 7) is 1.90.